The first-order chi connectivity index (χ1) is 8.70. The van der Waals surface area contributed by atoms with Gasteiger partial charge >= 0.3 is 0 Å². The second-order valence-corrected chi connectivity index (χ2v) is 6.03. The van der Waals surface area contributed by atoms with E-state index in [4.69, 9.17) is 4.74 Å². The molecule has 0 aromatic carbocycles. The van der Waals surface area contributed by atoms with Gasteiger partial charge in [0.25, 0.3) is 0 Å². The van der Waals surface area contributed by atoms with Crippen LogP contribution in [0.5, 0.6) is 0 Å². The lowest BCUT2D eigenvalue weighted by Gasteiger charge is -2.26. The number of nitrogens with one attached hydrogen (secondary N) is 1. The van der Waals surface area contributed by atoms with Gasteiger partial charge in [0.1, 0.15) is 0 Å². The number of nitrogens with zero attached hydrogens (tertiary/aromatic N) is 2. The molecule has 0 spiro atoms. The SMILES string of the molecule is CNC(C)c1cnc(N(C)CC2CCOCC2)s1. The quantitative estimate of drug-likeness (QED) is 0.890. The van der Waals surface area contributed by atoms with Gasteiger partial charge in [-0.3, -0.25) is 0 Å². The molecule has 2 rings (SSSR count). The van der Waals surface area contributed by atoms with E-state index in [-0.39, 0.29) is 0 Å². The maximum Gasteiger partial charge on any atom is 0.185 e. The van der Waals surface area contributed by atoms with Gasteiger partial charge < -0.3 is 15.0 Å². The van der Waals surface area contributed by atoms with E-state index in [0.717, 1.165) is 30.8 Å². The monoisotopic (exact) mass is 269 g/mol. The minimum Gasteiger partial charge on any atom is -0.381 e. The van der Waals surface area contributed by atoms with Crippen molar-refractivity contribution in [3.8, 4) is 0 Å². The summed E-state index contributed by atoms with van der Waals surface area (Å²) in [6.07, 6.45) is 4.34. The van der Waals surface area contributed by atoms with Gasteiger partial charge in [0.15, 0.2) is 5.13 Å². The second kappa shape index (κ2) is 6.50. The first kappa shape index (κ1) is 13.8. The Morgan fingerprint density at radius 1 is 1.56 bits per heavy atom. The highest BCUT2D eigenvalue weighted by Gasteiger charge is 2.18. The summed E-state index contributed by atoms with van der Waals surface area (Å²) in [6, 6.07) is 0.382. The van der Waals surface area contributed by atoms with Gasteiger partial charge in [-0.15, -0.1) is 11.3 Å². The Bertz CT molecular complexity index is 363. The van der Waals surface area contributed by atoms with E-state index < -0.39 is 0 Å². The summed E-state index contributed by atoms with van der Waals surface area (Å²) < 4.78 is 5.40. The van der Waals surface area contributed by atoms with E-state index in [1.807, 2.05) is 13.2 Å². The van der Waals surface area contributed by atoms with Gasteiger partial charge in [-0.05, 0) is 32.7 Å². The highest BCUT2D eigenvalue weighted by Crippen LogP contribution is 2.27. The van der Waals surface area contributed by atoms with Crippen LogP contribution in [0.2, 0.25) is 0 Å². The molecule has 1 N–H and O–H groups in total. The summed E-state index contributed by atoms with van der Waals surface area (Å²) in [5.41, 5.74) is 0. The average molecular weight is 269 g/mol. The molecule has 0 amide bonds. The van der Waals surface area contributed by atoms with Crippen LogP contribution in [0, 0.1) is 5.92 Å². The van der Waals surface area contributed by atoms with Gasteiger partial charge in [0, 0.05) is 43.9 Å². The molecule has 0 radical (unpaired) electrons. The number of ether oxygens (including phenoxy) is 1. The summed E-state index contributed by atoms with van der Waals surface area (Å²) in [5.74, 6) is 0.748. The number of aromatic nitrogens is 1. The van der Waals surface area contributed by atoms with Crippen molar-refractivity contribution in [2.24, 2.45) is 5.92 Å². The highest BCUT2D eigenvalue weighted by molar-refractivity contribution is 7.15. The molecule has 1 unspecified atom stereocenters. The van der Waals surface area contributed by atoms with E-state index in [0.29, 0.717) is 6.04 Å². The zero-order valence-electron chi connectivity index (χ0n) is 11.5. The molecule has 18 heavy (non-hydrogen) atoms. The standard InChI is InChI=1S/C13H23N3OS/c1-10(14-2)12-8-15-13(18-12)16(3)9-11-4-6-17-7-5-11/h8,10-11,14H,4-7,9H2,1-3H3. The minimum atomic E-state index is 0.382. The predicted molar refractivity (Wildman–Crippen MR) is 76.4 cm³/mol. The van der Waals surface area contributed by atoms with Crippen LogP contribution in [0.3, 0.4) is 0 Å². The van der Waals surface area contributed by atoms with E-state index in [2.05, 4.69) is 29.2 Å². The summed E-state index contributed by atoms with van der Waals surface area (Å²) >= 11 is 1.78. The zero-order chi connectivity index (χ0) is 13.0. The van der Waals surface area contributed by atoms with Crippen molar-refractivity contribution in [2.75, 3.05) is 38.8 Å². The third kappa shape index (κ3) is 3.43. The van der Waals surface area contributed by atoms with Crippen LogP contribution in [0.25, 0.3) is 0 Å². The molecule has 4 nitrogen and oxygen atoms in total. The van der Waals surface area contributed by atoms with Crippen molar-refractivity contribution in [2.45, 2.75) is 25.8 Å². The van der Waals surface area contributed by atoms with Crippen molar-refractivity contribution in [3.63, 3.8) is 0 Å². The van der Waals surface area contributed by atoms with Gasteiger partial charge in [-0.2, -0.15) is 0 Å². The van der Waals surface area contributed by atoms with E-state index in [1.54, 1.807) is 11.3 Å². The Labute approximate surface area is 113 Å². The molecular formula is C13H23N3OS. The third-order valence-electron chi connectivity index (χ3n) is 3.57. The van der Waals surface area contributed by atoms with Crippen molar-refractivity contribution >= 4 is 16.5 Å². The van der Waals surface area contributed by atoms with Crippen LogP contribution in [0.1, 0.15) is 30.7 Å². The summed E-state index contributed by atoms with van der Waals surface area (Å²) in [7, 11) is 4.12. The molecule has 1 fully saturated rings. The van der Waals surface area contributed by atoms with Gasteiger partial charge in [-0.1, -0.05) is 0 Å². The van der Waals surface area contributed by atoms with Crippen LogP contribution in [0.4, 0.5) is 5.13 Å². The van der Waals surface area contributed by atoms with Crippen molar-refractivity contribution in [1.82, 2.24) is 10.3 Å². The number of thiazole rings is 1. The maximum absolute atomic E-state index is 5.40. The largest absolute Gasteiger partial charge is 0.381 e. The molecule has 1 aromatic rings. The fourth-order valence-corrected chi connectivity index (χ4v) is 3.14. The van der Waals surface area contributed by atoms with Crippen LogP contribution in [0.15, 0.2) is 6.20 Å². The third-order valence-corrected chi connectivity index (χ3v) is 4.86. The molecular weight excluding hydrogens is 246 g/mol. The molecule has 1 aliphatic rings. The fraction of sp³-hybridized carbons (Fsp3) is 0.769. The van der Waals surface area contributed by atoms with E-state index >= 15 is 0 Å². The fourth-order valence-electron chi connectivity index (χ4n) is 2.19. The molecule has 0 saturated carbocycles. The zero-order valence-corrected chi connectivity index (χ0v) is 12.3. The molecule has 2 heterocycles. The molecule has 0 aliphatic carbocycles. The second-order valence-electron chi connectivity index (χ2n) is 4.99. The molecule has 102 valence electrons. The van der Waals surface area contributed by atoms with Gasteiger partial charge in [0.2, 0.25) is 0 Å². The summed E-state index contributed by atoms with van der Waals surface area (Å²) in [4.78, 5) is 8.11. The molecule has 1 aliphatic heterocycles. The first-order valence-corrected chi connectivity index (χ1v) is 7.44. The van der Waals surface area contributed by atoms with Gasteiger partial charge in [-0.25, -0.2) is 4.98 Å². The Kier molecular flexibility index (Phi) is 4.97. The molecule has 1 aromatic heterocycles. The number of anilines is 1. The molecule has 1 saturated heterocycles. The lowest BCUT2D eigenvalue weighted by molar-refractivity contribution is 0.0685. The summed E-state index contributed by atoms with van der Waals surface area (Å²) in [5, 5.41) is 4.37. The Morgan fingerprint density at radius 2 is 2.28 bits per heavy atom. The topological polar surface area (TPSA) is 37.4 Å². The molecule has 0 bridgehead atoms. The Balaban J connectivity index is 1.91. The van der Waals surface area contributed by atoms with Crippen LogP contribution in [-0.2, 0) is 4.74 Å². The average Bonchev–Trinajstić information content (AvgIpc) is 2.88. The maximum atomic E-state index is 5.40. The van der Waals surface area contributed by atoms with Crippen molar-refractivity contribution < 1.29 is 4.74 Å². The first-order valence-electron chi connectivity index (χ1n) is 6.62. The van der Waals surface area contributed by atoms with Crippen LogP contribution < -0.4 is 10.2 Å². The molecule has 5 heteroatoms. The van der Waals surface area contributed by atoms with Crippen molar-refractivity contribution in [1.29, 1.82) is 0 Å². The number of hydrogen-bond acceptors (Lipinski definition) is 5. The predicted octanol–water partition coefficient (Wildman–Crippen LogP) is 2.29. The van der Waals surface area contributed by atoms with Crippen molar-refractivity contribution in [3.05, 3.63) is 11.1 Å². The lowest BCUT2D eigenvalue weighted by Crippen LogP contribution is -2.29. The smallest absolute Gasteiger partial charge is 0.185 e. The van der Waals surface area contributed by atoms with Gasteiger partial charge in [0.05, 0.1) is 0 Å². The normalized spacial score (nSPS) is 18.8. The Hall–Kier alpha value is -0.650. The van der Waals surface area contributed by atoms with E-state index in [1.165, 1.54) is 17.7 Å². The Morgan fingerprint density at radius 3 is 2.94 bits per heavy atom. The highest BCUT2D eigenvalue weighted by atomic mass is 32.1. The summed E-state index contributed by atoms with van der Waals surface area (Å²) in [6.45, 7) is 5.08. The van der Waals surface area contributed by atoms with Crippen LogP contribution in [-0.4, -0.2) is 38.8 Å². The molecule has 1 atom stereocenters. The number of hydrogen-bond donors (Lipinski definition) is 1. The van der Waals surface area contributed by atoms with Crippen LogP contribution >= 0.6 is 11.3 Å². The van der Waals surface area contributed by atoms with E-state index in [9.17, 15) is 0 Å². The minimum absolute atomic E-state index is 0.382. The number of rotatable bonds is 5. The lowest BCUT2D eigenvalue weighted by atomic mass is 10.0.